The van der Waals surface area contributed by atoms with Crippen LogP contribution in [0.1, 0.15) is 33.1 Å². The van der Waals surface area contributed by atoms with E-state index in [1.54, 1.807) is 0 Å². The van der Waals surface area contributed by atoms with Gasteiger partial charge in [0, 0.05) is 4.83 Å². The van der Waals surface area contributed by atoms with Crippen LogP contribution >= 0.6 is 15.9 Å². The molecule has 60 valence electrons. The van der Waals surface area contributed by atoms with Gasteiger partial charge in [-0.25, -0.2) is 0 Å². The highest BCUT2D eigenvalue weighted by atomic mass is 79.9. The Labute approximate surface area is 72.8 Å². The Hall–Kier alpha value is 0.220. The van der Waals surface area contributed by atoms with E-state index in [4.69, 9.17) is 0 Å². The van der Waals surface area contributed by atoms with E-state index in [0.717, 1.165) is 12.3 Å². The number of allylic oxidation sites excluding steroid dienone is 1. The summed E-state index contributed by atoms with van der Waals surface area (Å²) >= 11 is 3.64. The van der Waals surface area contributed by atoms with E-state index < -0.39 is 0 Å². The molecule has 0 amide bonds. The number of halogens is 1. The smallest absolute Gasteiger partial charge is 0.0168 e. The first-order valence-electron chi connectivity index (χ1n) is 3.93. The maximum absolute atomic E-state index is 3.69. The molecule has 0 nitrogen and oxygen atoms in total. The molecule has 1 unspecified atom stereocenters. The normalized spacial score (nSPS) is 13.6. The molecule has 0 fully saturated rings. The number of hydrogen-bond donors (Lipinski definition) is 0. The molecule has 0 aliphatic carbocycles. The van der Waals surface area contributed by atoms with Gasteiger partial charge in [-0.2, -0.15) is 0 Å². The SMILES string of the molecule is C=CCCCC(Br)C(C)C. The average molecular weight is 205 g/mol. The largest absolute Gasteiger partial charge is 0.103 e. The summed E-state index contributed by atoms with van der Waals surface area (Å²) in [7, 11) is 0. The highest BCUT2D eigenvalue weighted by Gasteiger charge is 2.06. The standard InChI is InChI=1S/C9H17Br/c1-4-5-6-7-9(10)8(2)3/h4,8-9H,1,5-7H2,2-3H3. The molecule has 0 aromatic carbocycles. The predicted molar refractivity (Wildman–Crippen MR) is 51.6 cm³/mol. The van der Waals surface area contributed by atoms with Crippen molar-refractivity contribution in [3.8, 4) is 0 Å². The van der Waals surface area contributed by atoms with Gasteiger partial charge >= 0.3 is 0 Å². The van der Waals surface area contributed by atoms with Crippen LogP contribution in [0.15, 0.2) is 12.7 Å². The van der Waals surface area contributed by atoms with Crippen LogP contribution in [0.4, 0.5) is 0 Å². The fraction of sp³-hybridized carbons (Fsp3) is 0.778. The minimum Gasteiger partial charge on any atom is -0.103 e. The maximum Gasteiger partial charge on any atom is 0.0168 e. The second kappa shape index (κ2) is 5.96. The van der Waals surface area contributed by atoms with Gasteiger partial charge in [0.25, 0.3) is 0 Å². The van der Waals surface area contributed by atoms with Crippen molar-refractivity contribution in [1.82, 2.24) is 0 Å². The summed E-state index contributed by atoms with van der Waals surface area (Å²) in [6.07, 6.45) is 5.66. The Kier molecular flexibility index (Phi) is 6.10. The molecule has 0 rings (SSSR count). The molecule has 0 saturated carbocycles. The third kappa shape index (κ3) is 5.04. The summed E-state index contributed by atoms with van der Waals surface area (Å²) in [5.41, 5.74) is 0. The number of alkyl halides is 1. The average Bonchev–Trinajstić information content (AvgIpc) is 1.88. The Bertz CT molecular complexity index is 86.7. The van der Waals surface area contributed by atoms with Crippen LogP contribution < -0.4 is 0 Å². The Morgan fingerprint density at radius 2 is 2.10 bits per heavy atom. The van der Waals surface area contributed by atoms with Crippen LogP contribution in [0.25, 0.3) is 0 Å². The van der Waals surface area contributed by atoms with E-state index in [2.05, 4.69) is 36.4 Å². The molecular formula is C9H17Br. The molecule has 0 spiro atoms. The van der Waals surface area contributed by atoms with Gasteiger partial charge in [0.05, 0.1) is 0 Å². The van der Waals surface area contributed by atoms with Crippen LogP contribution in [0, 0.1) is 5.92 Å². The highest BCUT2D eigenvalue weighted by Crippen LogP contribution is 2.18. The molecule has 0 saturated heterocycles. The van der Waals surface area contributed by atoms with Gasteiger partial charge < -0.3 is 0 Å². The van der Waals surface area contributed by atoms with Crippen LogP contribution in [0.5, 0.6) is 0 Å². The zero-order chi connectivity index (χ0) is 7.98. The molecule has 1 heteroatoms. The maximum atomic E-state index is 3.69. The van der Waals surface area contributed by atoms with Crippen molar-refractivity contribution in [1.29, 1.82) is 0 Å². The molecule has 10 heavy (non-hydrogen) atoms. The van der Waals surface area contributed by atoms with Gasteiger partial charge in [-0.1, -0.05) is 35.9 Å². The molecule has 0 N–H and O–H groups in total. The van der Waals surface area contributed by atoms with Crippen molar-refractivity contribution >= 4 is 15.9 Å². The van der Waals surface area contributed by atoms with Crippen molar-refractivity contribution in [3.63, 3.8) is 0 Å². The minimum absolute atomic E-state index is 0.687. The Morgan fingerprint density at radius 1 is 1.50 bits per heavy atom. The Balaban J connectivity index is 3.21. The fourth-order valence-electron chi connectivity index (χ4n) is 0.791. The zero-order valence-electron chi connectivity index (χ0n) is 6.94. The van der Waals surface area contributed by atoms with Crippen molar-refractivity contribution in [2.45, 2.75) is 37.9 Å². The second-order valence-corrected chi connectivity index (χ2v) is 4.16. The van der Waals surface area contributed by atoms with E-state index in [1.165, 1.54) is 12.8 Å². The molecule has 1 atom stereocenters. The lowest BCUT2D eigenvalue weighted by molar-refractivity contribution is 0.565. The first kappa shape index (κ1) is 10.2. The quantitative estimate of drug-likeness (QED) is 0.364. The minimum atomic E-state index is 0.687. The topological polar surface area (TPSA) is 0 Å². The molecule has 0 aromatic heterocycles. The molecule has 0 bridgehead atoms. The summed E-state index contributed by atoms with van der Waals surface area (Å²) in [4.78, 5) is 0.687. The van der Waals surface area contributed by atoms with Gasteiger partial charge in [-0.05, 0) is 25.2 Å². The summed E-state index contributed by atoms with van der Waals surface area (Å²) in [6, 6.07) is 0. The lowest BCUT2D eigenvalue weighted by Crippen LogP contribution is -2.05. The summed E-state index contributed by atoms with van der Waals surface area (Å²) in [6.45, 7) is 8.17. The second-order valence-electron chi connectivity index (χ2n) is 2.98. The van der Waals surface area contributed by atoms with E-state index in [1.807, 2.05) is 6.08 Å². The lowest BCUT2D eigenvalue weighted by atomic mass is 10.1. The van der Waals surface area contributed by atoms with Gasteiger partial charge in [0.2, 0.25) is 0 Å². The molecule has 0 aliphatic rings. The van der Waals surface area contributed by atoms with Crippen molar-refractivity contribution < 1.29 is 0 Å². The predicted octanol–water partition coefficient (Wildman–Crippen LogP) is 3.76. The molecular weight excluding hydrogens is 188 g/mol. The zero-order valence-corrected chi connectivity index (χ0v) is 8.52. The van der Waals surface area contributed by atoms with Crippen molar-refractivity contribution in [3.05, 3.63) is 12.7 Å². The molecule has 0 radical (unpaired) electrons. The van der Waals surface area contributed by atoms with Crippen LogP contribution in [0.3, 0.4) is 0 Å². The third-order valence-corrected chi connectivity index (χ3v) is 3.13. The van der Waals surface area contributed by atoms with E-state index in [9.17, 15) is 0 Å². The van der Waals surface area contributed by atoms with Crippen LogP contribution in [-0.2, 0) is 0 Å². The van der Waals surface area contributed by atoms with Crippen LogP contribution in [0.2, 0.25) is 0 Å². The van der Waals surface area contributed by atoms with Gasteiger partial charge in [0.15, 0.2) is 0 Å². The molecule has 0 aromatic rings. The highest BCUT2D eigenvalue weighted by molar-refractivity contribution is 9.09. The molecule has 0 heterocycles. The summed E-state index contributed by atoms with van der Waals surface area (Å²) in [5.74, 6) is 0.754. The monoisotopic (exact) mass is 204 g/mol. The van der Waals surface area contributed by atoms with E-state index >= 15 is 0 Å². The van der Waals surface area contributed by atoms with Gasteiger partial charge in [-0.15, -0.1) is 6.58 Å². The Morgan fingerprint density at radius 3 is 2.50 bits per heavy atom. The lowest BCUT2D eigenvalue weighted by Gasteiger charge is -2.11. The van der Waals surface area contributed by atoms with E-state index in [0.29, 0.717) is 4.83 Å². The van der Waals surface area contributed by atoms with E-state index in [-0.39, 0.29) is 0 Å². The fourth-order valence-corrected chi connectivity index (χ4v) is 1.11. The van der Waals surface area contributed by atoms with Gasteiger partial charge in [-0.3, -0.25) is 0 Å². The summed E-state index contributed by atoms with van der Waals surface area (Å²) in [5, 5.41) is 0. The first-order valence-corrected chi connectivity index (χ1v) is 4.85. The number of unbranched alkanes of at least 4 members (excludes halogenated alkanes) is 1. The first-order chi connectivity index (χ1) is 4.68. The molecule has 0 aliphatic heterocycles. The van der Waals surface area contributed by atoms with Gasteiger partial charge in [0.1, 0.15) is 0 Å². The number of rotatable bonds is 5. The number of hydrogen-bond acceptors (Lipinski definition) is 0. The third-order valence-electron chi connectivity index (χ3n) is 1.61. The van der Waals surface area contributed by atoms with Crippen LogP contribution in [-0.4, -0.2) is 4.83 Å². The van der Waals surface area contributed by atoms with Crippen molar-refractivity contribution in [2.75, 3.05) is 0 Å². The van der Waals surface area contributed by atoms with Crippen molar-refractivity contribution in [2.24, 2.45) is 5.92 Å². The summed E-state index contributed by atoms with van der Waals surface area (Å²) < 4.78 is 0.